The number of thiazole rings is 1. The SMILES string of the molecule is Cc1ccc(NC(=O)c2cc3c(C#Cc4csc(C)n4)cncc3s2)cc1. The monoisotopic (exact) mass is 389 g/mol. The highest BCUT2D eigenvalue weighted by Crippen LogP contribution is 2.28. The van der Waals surface area contributed by atoms with Gasteiger partial charge in [-0.05, 0) is 38.0 Å². The number of carbonyl (C=O) groups is 1. The number of rotatable bonds is 2. The minimum atomic E-state index is -0.130. The van der Waals surface area contributed by atoms with Gasteiger partial charge in [-0.3, -0.25) is 9.78 Å². The third-order valence-corrected chi connectivity index (χ3v) is 5.77. The van der Waals surface area contributed by atoms with E-state index in [0.717, 1.165) is 37.6 Å². The van der Waals surface area contributed by atoms with Gasteiger partial charge in [0, 0.05) is 28.8 Å². The molecule has 3 aromatic heterocycles. The number of thiophene rings is 1. The second-order valence-corrected chi connectivity index (χ2v) is 8.18. The van der Waals surface area contributed by atoms with E-state index in [0.29, 0.717) is 4.88 Å². The topological polar surface area (TPSA) is 54.9 Å². The molecule has 132 valence electrons. The summed E-state index contributed by atoms with van der Waals surface area (Å²) in [5.41, 5.74) is 3.48. The number of hydrogen-bond acceptors (Lipinski definition) is 5. The second-order valence-electron chi connectivity index (χ2n) is 6.03. The first-order valence-electron chi connectivity index (χ1n) is 8.28. The number of carbonyl (C=O) groups excluding carboxylic acids is 1. The third kappa shape index (κ3) is 3.90. The van der Waals surface area contributed by atoms with E-state index < -0.39 is 0 Å². The van der Waals surface area contributed by atoms with Crippen molar-refractivity contribution in [2.75, 3.05) is 5.32 Å². The standard InChI is InChI=1S/C21H15N3OS2/c1-13-3-6-16(7-4-13)24-21(25)19-9-18-15(10-22-11-20(18)27-19)5-8-17-12-26-14(2)23-17/h3-4,6-7,9-12H,1-2H3,(H,24,25). The summed E-state index contributed by atoms with van der Waals surface area (Å²) in [4.78, 5) is 21.8. The quantitative estimate of drug-likeness (QED) is 0.490. The van der Waals surface area contributed by atoms with Gasteiger partial charge in [0.05, 0.1) is 20.1 Å². The molecule has 1 N–H and O–H groups in total. The molecule has 1 amide bonds. The molecule has 0 aliphatic carbocycles. The van der Waals surface area contributed by atoms with Gasteiger partial charge < -0.3 is 5.32 Å². The first-order chi connectivity index (χ1) is 13.1. The Balaban J connectivity index is 1.63. The zero-order valence-electron chi connectivity index (χ0n) is 14.7. The van der Waals surface area contributed by atoms with Crippen molar-refractivity contribution in [2.45, 2.75) is 13.8 Å². The van der Waals surface area contributed by atoms with Crippen LogP contribution in [0.4, 0.5) is 5.69 Å². The molecule has 0 radical (unpaired) electrons. The molecule has 0 bridgehead atoms. The molecule has 1 aromatic carbocycles. The van der Waals surface area contributed by atoms with Crippen LogP contribution >= 0.6 is 22.7 Å². The number of fused-ring (bicyclic) bond motifs is 1. The van der Waals surface area contributed by atoms with Crippen LogP contribution in [0.15, 0.2) is 48.1 Å². The Morgan fingerprint density at radius 3 is 2.67 bits per heavy atom. The summed E-state index contributed by atoms with van der Waals surface area (Å²) < 4.78 is 0.935. The van der Waals surface area contributed by atoms with E-state index >= 15 is 0 Å². The largest absolute Gasteiger partial charge is 0.321 e. The van der Waals surface area contributed by atoms with Gasteiger partial charge in [0.1, 0.15) is 5.69 Å². The smallest absolute Gasteiger partial charge is 0.265 e. The fourth-order valence-electron chi connectivity index (χ4n) is 2.55. The molecule has 0 atom stereocenters. The highest BCUT2D eigenvalue weighted by molar-refractivity contribution is 7.20. The molecule has 0 fully saturated rings. The number of nitrogens with one attached hydrogen (secondary N) is 1. The number of amides is 1. The first kappa shape index (κ1) is 17.4. The average Bonchev–Trinajstić information content (AvgIpc) is 3.28. The Hall–Kier alpha value is -3.01. The van der Waals surface area contributed by atoms with Crippen molar-refractivity contribution in [3.63, 3.8) is 0 Å². The maximum absolute atomic E-state index is 12.6. The van der Waals surface area contributed by atoms with Crippen LogP contribution < -0.4 is 5.32 Å². The molecular formula is C21H15N3OS2. The number of anilines is 1. The van der Waals surface area contributed by atoms with E-state index in [-0.39, 0.29) is 5.91 Å². The summed E-state index contributed by atoms with van der Waals surface area (Å²) in [6, 6.07) is 9.61. The lowest BCUT2D eigenvalue weighted by Crippen LogP contribution is -2.09. The van der Waals surface area contributed by atoms with Gasteiger partial charge in [-0.2, -0.15) is 0 Å². The molecule has 0 aliphatic heterocycles. The Morgan fingerprint density at radius 2 is 1.93 bits per heavy atom. The fourth-order valence-corrected chi connectivity index (χ4v) is 4.05. The van der Waals surface area contributed by atoms with E-state index in [1.807, 2.05) is 49.6 Å². The van der Waals surface area contributed by atoms with E-state index in [2.05, 4.69) is 27.1 Å². The highest BCUT2D eigenvalue weighted by Gasteiger charge is 2.12. The summed E-state index contributed by atoms with van der Waals surface area (Å²) >= 11 is 2.98. The van der Waals surface area contributed by atoms with E-state index in [4.69, 9.17) is 0 Å². The number of nitrogens with zero attached hydrogens (tertiary/aromatic N) is 2. The van der Waals surface area contributed by atoms with Crippen molar-refractivity contribution in [1.29, 1.82) is 0 Å². The predicted octanol–water partition coefficient (Wildman–Crippen LogP) is 5.02. The Kier molecular flexibility index (Phi) is 4.71. The summed E-state index contributed by atoms with van der Waals surface area (Å²) in [6.45, 7) is 3.97. The molecule has 4 nitrogen and oxygen atoms in total. The minimum absolute atomic E-state index is 0.130. The van der Waals surface area contributed by atoms with Crippen LogP contribution in [0.3, 0.4) is 0 Å². The molecule has 0 saturated heterocycles. The van der Waals surface area contributed by atoms with E-state index in [9.17, 15) is 4.79 Å². The minimum Gasteiger partial charge on any atom is -0.321 e. The van der Waals surface area contributed by atoms with Gasteiger partial charge in [0.15, 0.2) is 0 Å². The highest BCUT2D eigenvalue weighted by atomic mass is 32.1. The number of aromatic nitrogens is 2. The van der Waals surface area contributed by atoms with Gasteiger partial charge in [-0.15, -0.1) is 22.7 Å². The molecule has 0 saturated carbocycles. The van der Waals surface area contributed by atoms with Gasteiger partial charge in [0.2, 0.25) is 0 Å². The maximum atomic E-state index is 12.6. The number of benzene rings is 1. The van der Waals surface area contributed by atoms with Gasteiger partial charge >= 0.3 is 0 Å². The van der Waals surface area contributed by atoms with Gasteiger partial charge in [-0.25, -0.2) is 4.98 Å². The van der Waals surface area contributed by atoms with Crippen LogP contribution in [0.1, 0.15) is 31.5 Å². The third-order valence-electron chi connectivity index (χ3n) is 3.92. The number of aryl methyl sites for hydroxylation is 2. The van der Waals surface area contributed by atoms with Crippen molar-refractivity contribution in [2.24, 2.45) is 0 Å². The lowest BCUT2D eigenvalue weighted by Gasteiger charge is -2.03. The summed E-state index contributed by atoms with van der Waals surface area (Å²) in [5, 5.41) is 6.79. The lowest BCUT2D eigenvalue weighted by atomic mass is 10.2. The van der Waals surface area contributed by atoms with E-state index in [1.54, 1.807) is 23.7 Å². The number of hydrogen-bond donors (Lipinski definition) is 1. The van der Waals surface area contributed by atoms with E-state index in [1.165, 1.54) is 11.3 Å². The summed E-state index contributed by atoms with van der Waals surface area (Å²) in [6.07, 6.45) is 3.49. The van der Waals surface area contributed by atoms with Crippen LogP contribution in [-0.4, -0.2) is 15.9 Å². The Bertz CT molecular complexity index is 1190. The van der Waals surface area contributed by atoms with Gasteiger partial charge in [0.25, 0.3) is 5.91 Å². The lowest BCUT2D eigenvalue weighted by molar-refractivity contribution is 0.103. The van der Waals surface area contributed by atoms with Crippen molar-refractivity contribution in [3.05, 3.63) is 74.8 Å². The fraction of sp³-hybridized carbons (Fsp3) is 0.0952. The van der Waals surface area contributed by atoms with Crippen LogP contribution in [0.25, 0.3) is 10.1 Å². The Labute approximate surface area is 164 Å². The van der Waals surface area contributed by atoms with Crippen molar-refractivity contribution < 1.29 is 4.79 Å². The molecule has 0 spiro atoms. The second kappa shape index (κ2) is 7.31. The van der Waals surface area contributed by atoms with Crippen LogP contribution in [-0.2, 0) is 0 Å². The molecule has 0 unspecified atom stereocenters. The first-order valence-corrected chi connectivity index (χ1v) is 9.98. The number of pyridine rings is 1. The van der Waals surface area contributed by atoms with Crippen molar-refractivity contribution in [1.82, 2.24) is 9.97 Å². The average molecular weight is 390 g/mol. The summed E-state index contributed by atoms with van der Waals surface area (Å²) in [7, 11) is 0. The zero-order chi connectivity index (χ0) is 18.8. The molecule has 4 rings (SSSR count). The molecule has 4 aromatic rings. The molecule has 27 heavy (non-hydrogen) atoms. The molecule has 6 heteroatoms. The van der Waals surface area contributed by atoms with Crippen molar-refractivity contribution in [3.8, 4) is 11.8 Å². The van der Waals surface area contributed by atoms with Crippen LogP contribution in [0, 0.1) is 25.7 Å². The maximum Gasteiger partial charge on any atom is 0.265 e. The Morgan fingerprint density at radius 1 is 1.11 bits per heavy atom. The molecule has 3 heterocycles. The normalized spacial score (nSPS) is 10.4. The van der Waals surface area contributed by atoms with Gasteiger partial charge in [-0.1, -0.05) is 23.6 Å². The van der Waals surface area contributed by atoms with Crippen molar-refractivity contribution >= 4 is 44.4 Å². The van der Waals surface area contributed by atoms with Crippen LogP contribution in [0.2, 0.25) is 0 Å². The predicted molar refractivity (Wildman–Crippen MR) is 112 cm³/mol. The zero-order valence-corrected chi connectivity index (χ0v) is 16.4. The summed E-state index contributed by atoms with van der Waals surface area (Å²) in [5.74, 6) is 6.07. The molecular weight excluding hydrogens is 374 g/mol. The van der Waals surface area contributed by atoms with Crippen LogP contribution in [0.5, 0.6) is 0 Å². The molecule has 0 aliphatic rings.